The molecule has 0 saturated heterocycles. The number of anilines is 2. The van der Waals surface area contributed by atoms with Gasteiger partial charge in [-0.1, -0.05) is 13.0 Å². The Morgan fingerprint density at radius 2 is 1.86 bits per heavy atom. The Morgan fingerprint density at radius 3 is 2.51 bits per heavy atom. The van der Waals surface area contributed by atoms with Crippen molar-refractivity contribution in [2.75, 3.05) is 11.1 Å². The summed E-state index contributed by atoms with van der Waals surface area (Å²) in [5.74, 6) is -1.57. The molecule has 0 aliphatic heterocycles. The number of H-pyrrole nitrogens is 1. The summed E-state index contributed by atoms with van der Waals surface area (Å²) >= 11 is 0. The van der Waals surface area contributed by atoms with Gasteiger partial charge in [-0.2, -0.15) is 18.3 Å². The first-order valence-electron chi connectivity index (χ1n) is 11.3. The smallest absolute Gasteiger partial charge is 0.395 e. The van der Waals surface area contributed by atoms with Gasteiger partial charge in [-0.3, -0.25) is 14.7 Å². The van der Waals surface area contributed by atoms with E-state index in [1.807, 2.05) is 0 Å². The summed E-state index contributed by atoms with van der Waals surface area (Å²) in [6.45, 7) is 3.56. The highest BCUT2D eigenvalue weighted by atomic mass is 19.4. The van der Waals surface area contributed by atoms with Gasteiger partial charge in [0, 0.05) is 21.9 Å². The summed E-state index contributed by atoms with van der Waals surface area (Å²) < 4.78 is 41.0. The lowest BCUT2D eigenvalue weighted by Crippen LogP contribution is -2.22. The fraction of sp³-hybridized carbons (Fsp3) is 0.240. The highest BCUT2D eigenvalue weighted by molar-refractivity contribution is 6.05. The second kappa shape index (κ2) is 8.29. The number of aryl methyl sites for hydroxylation is 1. The lowest BCUT2D eigenvalue weighted by molar-refractivity contribution is -0.137. The maximum absolute atomic E-state index is 13.7. The summed E-state index contributed by atoms with van der Waals surface area (Å²) in [5.41, 5.74) is 11.7. The van der Waals surface area contributed by atoms with Crippen LogP contribution in [0.25, 0.3) is 33.5 Å². The first-order chi connectivity index (χ1) is 17.4. The van der Waals surface area contributed by atoms with Crippen molar-refractivity contribution in [3.8, 4) is 22.6 Å². The second-order valence-electron chi connectivity index (χ2n) is 9.38. The number of aromatic nitrogens is 4. The normalized spacial score (nSPS) is 14.5. The van der Waals surface area contributed by atoms with E-state index in [0.717, 1.165) is 23.8 Å². The molecule has 2 amide bonds. The summed E-state index contributed by atoms with van der Waals surface area (Å²) in [6, 6.07) is 6.42. The predicted molar refractivity (Wildman–Crippen MR) is 131 cm³/mol. The molecule has 0 spiro atoms. The van der Waals surface area contributed by atoms with E-state index in [0.29, 0.717) is 29.3 Å². The number of nitrogens with zero attached hydrogens (tertiary/aromatic N) is 3. The number of nitrogens with one attached hydrogen (secondary N) is 2. The lowest BCUT2D eigenvalue weighted by Gasteiger charge is -2.18. The Morgan fingerprint density at radius 1 is 1.14 bits per heavy atom. The Bertz CT molecular complexity index is 1590. The van der Waals surface area contributed by atoms with E-state index in [9.17, 15) is 22.8 Å². The number of rotatable bonds is 5. The predicted octanol–water partition coefficient (Wildman–Crippen LogP) is 4.43. The molecular weight excluding hydrogens is 487 g/mol. The minimum atomic E-state index is -4.68. The van der Waals surface area contributed by atoms with Crippen LogP contribution in [0.15, 0.2) is 36.5 Å². The van der Waals surface area contributed by atoms with Crippen molar-refractivity contribution in [2.24, 2.45) is 11.1 Å². The van der Waals surface area contributed by atoms with Crippen LogP contribution in [0.4, 0.5) is 24.5 Å². The van der Waals surface area contributed by atoms with E-state index >= 15 is 0 Å². The van der Waals surface area contributed by atoms with Crippen molar-refractivity contribution in [1.29, 1.82) is 0 Å². The van der Waals surface area contributed by atoms with Gasteiger partial charge in [0.2, 0.25) is 5.91 Å². The zero-order chi connectivity index (χ0) is 26.7. The number of nitrogens with two attached hydrogens (primary N) is 2. The summed E-state index contributed by atoms with van der Waals surface area (Å²) in [7, 11) is 0. The van der Waals surface area contributed by atoms with E-state index in [-0.39, 0.29) is 40.1 Å². The van der Waals surface area contributed by atoms with Crippen LogP contribution in [0.3, 0.4) is 0 Å². The van der Waals surface area contributed by atoms with Crippen LogP contribution in [-0.4, -0.2) is 32.0 Å². The standard InChI is InChI=1S/C25H22F3N7O2/c1-11-3-5-16-14(10-31-35-16)17(11)19-18(29)20(21(30)36)34-22(33-19)13-9-12(25(26,27)28)4-6-15(13)32-23(37)24(2)7-8-24/h3-6,9-10H,7-8,29H2,1-2H3,(H2,30,36)(H,31,35)(H,32,37). The number of aromatic amines is 1. The molecule has 37 heavy (non-hydrogen) atoms. The average molecular weight is 509 g/mol. The van der Waals surface area contributed by atoms with Crippen LogP contribution in [0.5, 0.6) is 0 Å². The largest absolute Gasteiger partial charge is 0.416 e. The average Bonchev–Trinajstić information content (AvgIpc) is 3.41. The summed E-state index contributed by atoms with van der Waals surface area (Å²) in [6.07, 6.45) is -1.80. The number of nitrogen functional groups attached to an aromatic ring is 1. The molecule has 0 atom stereocenters. The Labute approximate surface area is 208 Å². The number of hydrogen-bond acceptors (Lipinski definition) is 6. The van der Waals surface area contributed by atoms with Gasteiger partial charge in [-0.05, 0) is 49.6 Å². The number of carbonyl (C=O) groups excluding carboxylic acids is 2. The van der Waals surface area contributed by atoms with Crippen LogP contribution in [0.1, 0.15) is 41.4 Å². The van der Waals surface area contributed by atoms with Crippen molar-refractivity contribution in [3.05, 3.63) is 53.3 Å². The van der Waals surface area contributed by atoms with E-state index in [1.54, 1.807) is 32.2 Å². The second-order valence-corrected chi connectivity index (χ2v) is 9.38. The minimum absolute atomic E-state index is 0.0653. The molecule has 190 valence electrons. The number of amides is 2. The number of carbonyl (C=O) groups is 2. The molecule has 0 unspecified atom stereocenters. The van der Waals surface area contributed by atoms with Gasteiger partial charge >= 0.3 is 6.18 Å². The van der Waals surface area contributed by atoms with E-state index in [4.69, 9.17) is 11.5 Å². The molecule has 9 nitrogen and oxygen atoms in total. The molecule has 4 aromatic rings. The third-order valence-corrected chi connectivity index (χ3v) is 6.63. The van der Waals surface area contributed by atoms with Crippen molar-refractivity contribution < 1.29 is 22.8 Å². The van der Waals surface area contributed by atoms with Crippen LogP contribution >= 0.6 is 0 Å². The first kappa shape index (κ1) is 24.2. The molecule has 2 aromatic carbocycles. The third-order valence-electron chi connectivity index (χ3n) is 6.63. The van der Waals surface area contributed by atoms with E-state index in [1.165, 1.54) is 0 Å². The zero-order valence-corrected chi connectivity index (χ0v) is 19.8. The number of alkyl halides is 3. The Balaban J connectivity index is 1.77. The quantitative estimate of drug-likeness (QED) is 0.312. The third kappa shape index (κ3) is 4.24. The molecule has 1 fully saturated rings. The minimum Gasteiger partial charge on any atom is -0.395 e. The number of hydrogen-bond donors (Lipinski definition) is 4. The molecule has 0 radical (unpaired) electrons. The van der Waals surface area contributed by atoms with Crippen molar-refractivity contribution in [2.45, 2.75) is 32.9 Å². The van der Waals surface area contributed by atoms with Gasteiger partial charge in [0.1, 0.15) is 0 Å². The Hall–Kier alpha value is -4.48. The van der Waals surface area contributed by atoms with Crippen molar-refractivity contribution >= 4 is 34.1 Å². The number of benzene rings is 2. The van der Waals surface area contributed by atoms with Gasteiger partial charge in [-0.25, -0.2) is 9.97 Å². The van der Waals surface area contributed by atoms with Crippen molar-refractivity contribution in [1.82, 2.24) is 20.2 Å². The van der Waals surface area contributed by atoms with Crippen LogP contribution in [0.2, 0.25) is 0 Å². The van der Waals surface area contributed by atoms with Crippen LogP contribution in [0, 0.1) is 12.3 Å². The molecule has 1 aliphatic carbocycles. The summed E-state index contributed by atoms with van der Waals surface area (Å²) in [5, 5.41) is 10.2. The van der Waals surface area contributed by atoms with Gasteiger partial charge in [0.25, 0.3) is 5.91 Å². The molecule has 12 heteroatoms. The van der Waals surface area contributed by atoms with Crippen LogP contribution < -0.4 is 16.8 Å². The topological polar surface area (TPSA) is 153 Å². The maximum atomic E-state index is 13.7. The molecule has 5 rings (SSSR count). The van der Waals surface area contributed by atoms with Gasteiger partial charge in [-0.15, -0.1) is 0 Å². The molecule has 6 N–H and O–H groups in total. The van der Waals surface area contributed by atoms with E-state index in [2.05, 4.69) is 25.5 Å². The fourth-order valence-corrected chi connectivity index (χ4v) is 4.11. The highest BCUT2D eigenvalue weighted by Gasteiger charge is 2.45. The first-order valence-corrected chi connectivity index (χ1v) is 11.3. The molecule has 1 aliphatic rings. The number of fused-ring (bicyclic) bond motifs is 1. The molecule has 2 aromatic heterocycles. The summed E-state index contributed by atoms with van der Waals surface area (Å²) in [4.78, 5) is 33.7. The molecule has 2 heterocycles. The molecule has 0 bridgehead atoms. The number of halogens is 3. The monoisotopic (exact) mass is 509 g/mol. The maximum Gasteiger partial charge on any atom is 0.416 e. The van der Waals surface area contributed by atoms with E-state index < -0.39 is 23.1 Å². The van der Waals surface area contributed by atoms with Crippen molar-refractivity contribution in [3.63, 3.8) is 0 Å². The zero-order valence-electron chi connectivity index (χ0n) is 19.8. The number of primary amides is 1. The Kier molecular flexibility index (Phi) is 5.43. The lowest BCUT2D eigenvalue weighted by atomic mass is 9.98. The highest BCUT2D eigenvalue weighted by Crippen LogP contribution is 2.46. The molecule has 1 saturated carbocycles. The van der Waals surface area contributed by atoms with Crippen LogP contribution in [-0.2, 0) is 11.0 Å². The SMILES string of the molecule is Cc1ccc2[nH]ncc2c1-c1nc(-c2cc(C(F)(F)F)ccc2NC(=O)C2(C)CC2)nc(C(N)=O)c1N. The fourth-order valence-electron chi connectivity index (χ4n) is 4.11. The van der Waals surface area contributed by atoms with Gasteiger partial charge in [0.15, 0.2) is 11.5 Å². The van der Waals surface area contributed by atoms with Gasteiger partial charge in [0.05, 0.1) is 34.3 Å². The molecular formula is C25H22F3N7O2. The van der Waals surface area contributed by atoms with Gasteiger partial charge < -0.3 is 16.8 Å².